The highest BCUT2D eigenvalue weighted by Crippen LogP contribution is 2.44. The van der Waals surface area contributed by atoms with Crippen LogP contribution in [-0.2, 0) is 24.2 Å². The van der Waals surface area contributed by atoms with Crippen LogP contribution in [0.5, 0.6) is 0 Å². The Morgan fingerprint density at radius 2 is 1.51 bits per heavy atom. The van der Waals surface area contributed by atoms with Crippen LogP contribution in [0.15, 0.2) is 48.5 Å². The monoisotopic (exact) mass is 502 g/mol. The lowest BCUT2D eigenvalue weighted by molar-refractivity contribution is -0.142. The molecule has 0 aliphatic heterocycles. The summed E-state index contributed by atoms with van der Waals surface area (Å²) >= 11 is 0. The predicted octanol–water partition coefficient (Wildman–Crippen LogP) is 2.55. The standard InChI is InChI=1S/C25H30N2O7S/c1-15(2)22(23(28)26-21(24(29)30)12-13-35(3,32)33)27-25(31)34-14-20-18-10-6-4-8-16(18)17-9-5-7-11-19(17)20/h4-11,15,20-22H,12-14H2,1-3H3,(H,26,28)(H,27,31)(H,29,30)/t21?,22-/m1/s1. The van der Waals surface area contributed by atoms with E-state index in [-0.39, 0.29) is 24.9 Å². The molecule has 0 spiro atoms. The number of alkyl carbamates (subject to hydrolysis) is 1. The molecule has 1 aliphatic rings. The number of benzene rings is 2. The van der Waals surface area contributed by atoms with Crippen molar-refractivity contribution in [2.75, 3.05) is 18.6 Å². The first-order valence-corrected chi connectivity index (χ1v) is 13.4. The molecule has 35 heavy (non-hydrogen) atoms. The number of sulfone groups is 1. The van der Waals surface area contributed by atoms with E-state index in [1.54, 1.807) is 13.8 Å². The molecule has 2 atom stereocenters. The second-order valence-electron chi connectivity index (χ2n) is 9.01. The molecule has 0 radical (unpaired) electrons. The topological polar surface area (TPSA) is 139 Å². The molecule has 3 rings (SSSR count). The van der Waals surface area contributed by atoms with E-state index in [9.17, 15) is 27.9 Å². The molecule has 9 nitrogen and oxygen atoms in total. The average Bonchev–Trinajstić information content (AvgIpc) is 3.11. The average molecular weight is 503 g/mol. The van der Waals surface area contributed by atoms with Gasteiger partial charge in [0.1, 0.15) is 28.5 Å². The first-order valence-electron chi connectivity index (χ1n) is 11.3. The highest BCUT2D eigenvalue weighted by molar-refractivity contribution is 7.90. The Bertz CT molecular complexity index is 1160. The third-order valence-corrected chi connectivity index (χ3v) is 6.94. The fourth-order valence-corrected chi connectivity index (χ4v) is 4.82. The minimum Gasteiger partial charge on any atom is -0.480 e. The summed E-state index contributed by atoms with van der Waals surface area (Å²) in [4.78, 5) is 36.9. The van der Waals surface area contributed by atoms with E-state index < -0.39 is 45.6 Å². The van der Waals surface area contributed by atoms with Crippen molar-refractivity contribution in [1.82, 2.24) is 10.6 Å². The minimum atomic E-state index is -3.41. The summed E-state index contributed by atoms with van der Waals surface area (Å²) < 4.78 is 28.3. The van der Waals surface area contributed by atoms with Crippen LogP contribution >= 0.6 is 0 Å². The van der Waals surface area contributed by atoms with Crippen LogP contribution < -0.4 is 10.6 Å². The van der Waals surface area contributed by atoms with Gasteiger partial charge in [-0.3, -0.25) is 4.79 Å². The lowest BCUT2D eigenvalue weighted by atomic mass is 9.98. The molecule has 1 aliphatic carbocycles. The summed E-state index contributed by atoms with van der Waals surface area (Å²) in [5.41, 5.74) is 4.28. The molecule has 188 valence electrons. The molecule has 0 aromatic heterocycles. The fraction of sp³-hybridized carbons (Fsp3) is 0.400. The van der Waals surface area contributed by atoms with Crippen LogP contribution in [0.25, 0.3) is 11.1 Å². The van der Waals surface area contributed by atoms with Gasteiger partial charge in [0.25, 0.3) is 0 Å². The number of hydrogen-bond donors (Lipinski definition) is 3. The normalized spacial score (nSPS) is 14.5. The van der Waals surface area contributed by atoms with Gasteiger partial charge < -0.3 is 20.5 Å². The largest absolute Gasteiger partial charge is 0.480 e. The molecule has 3 N–H and O–H groups in total. The fourth-order valence-electron chi connectivity index (χ4n) is 4.15. The number of ether oxygens (including phenoxy) is 1. The van der Waals surface area contributed by atoms with E-state index in [0.29, 0.717) is 0 Å². The van der Waals surface area contributed by atoms with Gasteiger partial charge in [0.15, 0.2) is 0 Å². The lowest BCUT2D eigenvalue weighted by Crippen LogP contribution is -2.54. The van der Waals surface area contributed by atoms with Crippen molar-refractivity contribution in [3.8, 4) is 11.1 Å². The Morgan fingerprint density at radius 3 is 2.00 bits per heavy atom. The Balaban J connectivity index is 1.64. The number of amides is 2. The molecule has 2 aromatic rings. The Morgan fingerprint density at radius 1 is 0.971 bits per heavy atom. The Kier molecular flexibility index (Phi) is 8.16. The molecule has 0 bridgehead atoms. The maximum Gasteiger partial charge on any atom is 0.407 e. The number of carboxylic acid groups (broad SMARTS) is 1. The van der Waals surface area contributed by atoms with Crippen LogP contribution in [0.4, 0.5) is 4.79 Å². The number of hydrogen-bond acceptors (Lipinski definition) is 6. The zero-order valence-corrected chi connectivity index (χ0v) is 20.7. The van der Waals surface area contributed by atoms with E-state index >= 15 is 0 Å². The summed E-state index contributed by atoms with van der Waals surface area (Å²) in [6.07, 6.45) is -0.0947. The van der Waals surface area contributed by atoms with Gasteiger partial charge in [-0.2, -0.15) is 0 Å². The highest BCUT2D eigenvalue weighted by Gasteiger charge is 2.32. The van der Waals surface area contributed by atoms with Gasteiger partial charge in [-0.15, -0.1) is 0 Å². The van der Waals surface area contributed by atoms with Crippen molar-refractivity contribution in [3.05, 3.63) is 59.7 Å². The number of aliphatic carboxylic acids is 1. The van der Waals surface area contributed by atoms with Crippen LogP contribution in [0.2, 0.25) is 0 Å². The first-order chi connectivity index (χ1) is 16.5. The van der Waals surface area contributed by atoms with Crippen molar-refractivity contribution >= 4 is 27.8 Å². The van der Waals surface area contributed by atoms with E-state index in [1.807, 2.05) is 48.5 Å². The van der Waals surface area contributed by atoms with Gasteiger partial charge in [-0.05, 0) is 34.6 Å². The first kappa shape index (κ1) is 26.2. The van der Waals surface area contributed by atoms with Crippen molar-refractivity contribution < 1.29 is 32.6 Å². The third kappa shape index (κ3) is 6.60. The van der Waals surface area contributed by atoms with E-state index in [4.69, 9.17) is 4.74 Å². The molecule has 0 fully saturated rings. The summed E-state index contributed by atoms with van der Waals surface area (Å²) in [7, 11) is -3.41. The van der Waals surface area contributed by atoms with Gasteiger partial charge >= 0.3 is 12.1 Å². The summed E-state index contributed by atoms with van der Waals surface area (Å²) in [5.74, 6) is -3.00. The highest BCUT2D eigenvalue weighted by atomic mass is 32.2. The number of carboxylic acids is 1. The SMILES string of the molecule is CC(C)[C@@H](NC(=O)OCC1c2ccccc2-c2ccccc21)C(=O)NC(CCS(C)(=O)=O)C(=O)O. The summed E-state index contributed by atoms with van der Waals surface area (Å²) in [6, 6.07) is 13.3. The zero-order chi connectivity index (χ0) is 25.8. The van der Waals surface area contributed by atoms with Crippen molar-refractivity contribution in [2.45, 2.75) is 38.3 Å². The van der Waals surface area contributed by atoms with Crippen LogP contribution in [0, 0.1) is 5.92 Å². The predicted molar refractivity (Wildman–Crippen MR) is 131 cm³/mol. The van der Waals surface area contributed by atoms with E-state index in [2.05, 4.69) is 10.6 Å². The summed E-state index contributed by atoms with van der Waals surface area (Å²) in [6.45, 7) is 3.46. The van der Waals surface area contributed by atoms with Crippen molar-refractivity contribution in [2.24, 2.45) is 5.92 Å². The van der Waals surface area contributed by atoms with Crippen LogP contribution in [-0.4, -0.2) is 62.2 Å². The van der Waals surface area contributed by atoms with Gasteiger partial charge in [0, 0.05) is 12.2 Å². The zero-order valence-electron chi connectivity index (χ0n) is 19.9. The molecular formula is C25H30N2O7S. The number of carbonyl (C=O) groups is 3. The number of nitrogens with one attached hydrogen (secondary N) is 2. The number of carbonyl (C=O) groups excluding carboxylic acids is 2. The Labute approximate surface area is 204 Å². The maximum atomic E-state index is 12.8. The van der Waals surface area contributed by atoms with Gasteiger partial charge in [0.05, 0.1) is 5.75 Å². The lowest BCUT2D eigenvalue weighted by Gasteiger charge is -2.24. The minimum absolute atomic E-state index is 0.0679. The second-order valence-corrected chi connectivity index (χ2v) is 11.3. The molecule has 0 saturated heterocycles. The molecule has 10 heteroatoms. The molecule has 1 unspecified atom stereocenters. The van der Waals surface area contributed by atoms with Crippen LogP contribution in [0.1, 0.15) is 37.3 Å². The summed E-state index contributed by atoms with van der Waals surface area (Å²) in [5, 5.41) is 14.2. The molecule has 0 saturated carbocycles. The molecule has 2 amide bonds. The van der Waals surface area contributed by atoms with E-state index in [1.165, 1.54) is 0 Å². The third-order valence-electron chi connectivity index (χ3n) is 5.96. The quantitative estimate of drug-likeness (QED) is 0.454. The number of fused-ring (bicyclic) bond motifs is 3. The van der Waals surface area contributed by atoms with Gasteiger partial charge in [-0.1, -0.05) is 62.4 Å². The molecule has 0 heterocycles. The van der Waals surface area contributed by atoms with E-state index in [0.717, 1.165) is 28.5 Å². The van der Waals surface area contributed by atoms with Crippen molar-refractivity contribution in [1.29, 1.82) is 0 Å². The molecule has 2 aromatic carbocycles. The Hall–Kier alpha value is -3.40. The van der Waals surface area contributed by atoms with Gasteiger partial charge in [0.2, 0.25) is 5.91 Å². The second kappa shape index (κ2) is 10.9. The van der Waals surface area contributed by atoms with Crippen LogP contribution in [0.3, 0.4) is 0 Å². The smallest absolute Gasteiger partial charge is 0.407 e. The van der Waals surface area contributed by atoms with Gasteiger partial charge in [-0.25, -0.2) is 18.0 Å². The molecular weight excluding hydrogens is 472 g/mol. The number of rotatable bonds is 10. The van der Waals surface area contributed by atoms with Crippen molar-refractivity contribution in [3.63, 3.8) is 0 Å². The maximum absolute atomic E-state index is 12.8.